The average molecular weight is 809 g/mol. The lowest BCUT2D eigenvalue weighted by Crippen LogP contribution is -2.44. The number of ether oxygens (including phenoxy) is 2. The molecule has 4 aromatic heterocycles. The molecule has 1 aliphatic rings. The van der Waals surface area contributed by atoms with Crippen LogP contribution in [0.25, 0.3) is 22.1 Å². The summed E-state index contributed by atoms with van der Waals surface area (Å²) in [5, 5.41) is 5.80. The molecule has 288 valence electrons. The fraction of sp³-hybridized carbons (Fsp3) is 0.297. The molecule has 7 rings (SSSR count). The third kappa shape index (κ3) is 10.1. The molecule has 18 heteroatoms. The first kappa shape index (κ1) is 39.9. The first-order chi connectivity index (χ1) is 26.6. The molecular weight excluding hydrogens is 769 g/mol. The number of halogens is 2. The normalized spacial score (nSPS) is 13.4. The molecule has 55 heavy (non-hydrogen) atoms. The fourth-order valence-electron chi connectivity index (χ4n) is 5.62. The van der Waals surface area contributed by atoms with Gasteiger partial charge in [-0.15, -0.1) is 0 Å². The van der Waals surface area contributed by atoms with Crippen molar-refractivity contribution in [3.8, 4) is 23.0 Å². The zero-order valence-electron chi connectivity index (χ0n) is 30.6. The smallest absolute Gasteiger partial charge is 0.294 e. The molecule has 1 N–H and O–H groups in total. The zero-order valence-corrected chi connectivity index (χ0v) is 32.9. The number of nitrogens with zero attached hydrogens (tertiary/aromatic N) is 8. The minimum atomic E-state index is -0.343. The van der Waals surface area contributed by atoms with Crippen LogP contribution in [0, 0.1) is 0 Å². The van der Waals surface area contributed by atoms with Crippen LogP contribution in [0.15, 0.2) is 87.8 Å². The maximum Gasteiger partial charge on any atom is 0.294 e. The van der Waals surface area contributed by atoms with E-state index in [4.69, 9.17) is 37.0 Å². The standard InChI is InChI=1S/C22H27ClN6O2.C15H12ClN3O4S/c1-27-10-12-29(13-11-27)9-5-8-24-22-25-15-16-14-19(21(30)28(2)20(16)26-22)31-18-7-4-3-6-17(18)23;1-19-13-9(8-17-15(18-13)24-23-21-2)7-12(14(19)20)22-11-6-4-3-5-10(11)16/h3-4,6-7,14-15H,5,8-13H2,1-2H3,(H,24,25,26);3-8H,1-2H3. The van der Waals surface area contributed by atoms with Crippen LogP contribution in [0.1, 0.15) is 6.42 Å². The van der Waals surface area contributed by atoms with Crippen molar-refractivity contribution in [2.45, 2.75) is 11.6 Å². The number of aryl methyl sites for hydroxylation is 2. The van der Waals surface area contributed by atoms with Crippen molar-refractivity contribution >= 4 is 63.3 Å². The van der Waals surface area contributed by atoms with Crippen LogP contribution in [0.3, 0.4) is 0 Å². The number of likely N-dealkylation sites (N-methyl/N-ethyl adjacent to an activating group) is 1. The number of rotatable bonds is 12. The molecule has 15 nitrogen and oxygen atoms in total. The van der Waals surface area contributed by atoms with E-state index in [0.717, 1.165) is 57.7 Å². The molecule has 0 atom stereocenters. The Balaban J connectivity index is 0.000000193. The van der Waals surface area contributed by atoms with Crippen molar-refractivity contribution < 1.29 is 18.7 Å². The van der Waals surface area contributed by atoms with Gasteiger partial charge in [0.1, 0.15) is 34.8 Å². The maximum absolute atomic E-state index is 12.8. The van der Waals surface area contributed by atoms with Gasteiger partial charge in [-0.05, 0) is 56.4 Å². The van der Waals surface area contributed by atoms with E-state index in [1.165, 1.54) is 16.2 Å². The van der Waals surface area contributed by atoms with E-state index < -0.39 is 0 Å². The van der Waals surface area contributed by atoms with Gasteiger partial charge in [-0.25, -0.2) is 19.8 Å². The first-order valence-corrected chi connectivity index (χ1v) is 18.7. The largest absolute Gasteiger partial charge is 0.450 e. The molecule has 0 bridgehead atoms. The molecule has 1 saturated heterocycles. The lowest BCUT2D eigenvalue weighted by molar-refractivity contribution is -0.160. The summed E-state index contributed by atoms with van der Waals surface area (Å²) in [7, 11) is 6.81. The lowest BCUT2D eigenvalue weighted by atomic mass is 10.3. The summed E-state index contributed by atoms with van der Waals surface area (Å²) >= 11 is 13.1. The van der Waals surface area contributed by atoms with Crippen LogP contribution in [0.2, 0.25) is 10.0 Å². The highest BCUT2D eigenvalue weighted by atomic mass is 35.5. The topological polar surface area (TPSA) is 151 Å². The number of nitrogens with one attached hydrogen (secondary N) is 1. The average Bonchev–Trinajstić information content (AvgIpc) is 3.19. The van der Waals surface area contributed by atoms with Gasteiger partial charge in [-0.2, -0.15) is 9.32 Å². The van der Waals surface area contributed by atoms with Crippen LogP contribution in [0.5, 0.6) is 23.0 Å². The Morgan fingerprint density at radius 1 is 0.745 bits per heavy atom. The second kappa shape index (κ2) is 18.7. The zero-order chi connectivity index (χ0) is 38.9. The Hall–Kier alpha value is -4.81. The minimum Gasteiger partial charge on any atom is -0.450 e. The lowest BCUT2D eigenvalue weighted by Gasteiger charge is -2.32. The summed E-state index contributed by atoms with van der Waals surface area (Å²) < 4.78 is 19.0. The monoisotopic (exact) mass is 807 g/mol. The Labute approximate surface area is 330 Å². The van der Waals surface area contributed by atoms with Crippen molar-refractivity contribution in [2.24, 2.45) is 14.1 Å². The first-order valence-electron chi connectivity index (χ1n) is 17.2. The Kier molecular flexibility index (Phi) is 13.5. The molecule has 2 aromatic carbocycles. The molecule has 0 spiro atoms. The number of fused-ring (bicyclic) bond motifs is 2. The Morgan fingerprint density at radius 3 is 1.85 bits per heavy atom. The summed E-state index contributed by atoms with van der Waals surface area (Å²) in [6.45, 7) is 6.30. The van der Waals surface area contributed by atoms with Crippen molar-refractivity contribution in [3.05, 3.63) is 104 Å². The highest BCUT2D eigenvalue weighted by molar-refractivity contribution is 7.94. The van der Waals surface area contributed by atoms with Crippen LogP contribution in [0.4, 0.5) is 5.95 Å². The quantitative estimate of drug-likeness (QED) is 0.0493. The number of hydrogen-bond donors (Lipinski definition) is 1. The minimum absolute atomic E-state index is 0.134. The van der Waals surface area contributed by atoms with Crippen molar-refractivity contribution in [2.75, 3.05) is 58.7 Å². The number of anilines is 1. The van der Waals surface area contributed by atoms with Gasteiger partial charge in [0, 0.05) is 70.0 Å². The molecule has 1 aliphatic heterocycles. The maximum atomic E-state index is 12.8. The van der Waals surface area contributed by atoms with Crippen molar-refractivity contribution in [1.29, 1.82) is 0 Å². The van der Waals surface area contributed by atoms with E-state index in [2.05, 4.69) is 47.0 Å². The highest BCUT2D eigenvalue weighted by Crippen LogP contribution is 2.30. The van der Waals surface area contributed by atoms with E-state index in [9.17, 15) is 9.59 Å². The van der Waals surface area contributed by atoms with Crippen LogP contribution < -0.4 is 25.9 Å². The molecule has 0 aliphatic carbocycles. The van der Waals surface area contributed by atoms with Gasteiger partial charge in [-0.3, -0.25) is 18.7 Å². The molecule has 0 radical (unpaired) electrons. The number of benzene rings is 2. The predicted molar refractivity (Wildman–Crippen MR) is 214 cm³/mol. The molecule has 5 heterocycles. The number of piperazine rings is 1. The van der Waals surface area contributed by atoms with E-state index in [-0.39, 0.29) is 22.6 Å². The molecule has 1 fully saturated rings. The number of para-hydroxylation sites is 2. The van der Waals surface area contributed by atoms with E-state index in [0.29, 0.717) is 54.7 Å². The van der Waals surface area contributed by atoms with Crippen LogP contribution in [-0.4, -0.2) is 92.3 Å². The van der Waals surface area contributed by atoms with E-state index in [1.54, 1.807) is 87.2 Å². The van der Waals surface area contributed by atoms with Gasteiger partial charge in [0.05, 0.1) is 17.2 Å². The summed E-state index contributed by atoms with van der Waals surface area (Å²) in [5.74, 6) is 1.66. The van der Waals surface area contributed by atoms with Gasteiger partial charge in [0.15, 0.2) is 11.5 Å². The van der Waals surface area contributed by atoms with Gasteiger partial charge in [-0.1, -0.05) is 47.5 Å². The van der Waals surface area contributed by atoms with Gasteiger partial charge >= 0.3 is 0 Å². The summed E-state index contributed by atoms with van der Waals surface area (Å²) in [6, 6.07) is 17.2. The molecule has 0 unspecified atom stereocenters. The van der Waals surface area contributed by atoms with Crippen LogP contribution in [-0.2, 0) is 23.3 Å². The number of pyridine rings is 2. The summed E-state index contributed by atoms with van der Waals surface area (Å²) in [6.07, 6.45) is 4.28. The van der Waals surface area contributed by atoms with E-state index >= 15 is 0 Å². The second-order valence-corrected chi connectivity index (χ2v) is 13.9. The molecule has 0 amide bonds. The Bertz CT molecular complexity index is 2390. The third-order valence-electron chi connectivity index (χ3n) is 8.63. The van der Waals surface area contributed by atoms with Crippen molar-refractivity contribution in [3.63, 3.8) is 0 Å². The van der Waals surface area contributed by atoms with Gasteiger partial charge in [0.25, 0.3) is 11.1 Å². The predicted octanol–water partition coefficient (Wildman–Crippen LogP) is 6.18. The summed E-state index contributed by atoms with van der Waals surface area (Å²) in [5.41, 5.74) is 0.369. The fourth-order valence-corrected chi connectivity index (χ4v) is 6.32. The molecule has 0 saturated carbocycles. The molecule has 6 aromatic rings. The number of hydrogen-bond acceptors (Lipinski definition) is 14. The van der Waals surface area contributed by atoms with E-state index in [1.807, 2.05) is 0 Å². The molecular formula is C37H39Cl2N9O6S. The third-order valence-corrected chi connectivity index (χ3v) is 9.80. The highest BCUT2D eigenvalue weighted by Gasteiger charge is 2.16. The van der Waals surface area contributed by atoms with Crippen LogP contribution >= 0.6 is 35.2 Å². The Morgan fingerprint density at radius 2 is 1.29 bits per heavy atom. The van der Waals surface area contributed by atoms with Crippen molar-refractivity contribution in [1.82, 2.24) is 38.9 Å². The van der Waals surface area contributed by atoms with Gasteiger partial charge < -0.3 is 24.6 Å². The number of aromatic nitrogens is 6. The van der Waals surface area contributed by atoms with Gasteiger partial charge in [0.2, 0.25) is 11.1 Å². The SMILES string of the molecule is CN1CCN(CCCNc2ncc3cc(Oc4ccccc4Cl)c(=O)n(C)c3n2)CC1.COOSc1ncc2cc(Oc3ccccc3Cl)c(=O)n(C)c2n1. The summed E-state index contributed by atoms with van der Waals surface area (Å²) in [4.78, 5) is 51.9. The second-order valence-electron chi connectivity index (χ2n) is 12.5.